The molecule has 0 bridgehead atoms. The van der Waals surface area contributed by atoms with Gasteiger partial charge in [0.05, 0.1) is 19.5 Å². The zero-order chi connectivity index (χ0) is 14.6. The molecule has 6 nitrogen and oxygen atoms in total. The monoisotopic (exact) mass is 313 g/mol. The normalized spacial score (nSPS) is 11.3. The van der Waals surface area contributed by atoms with Crippen LogP contribution in [0.4, 0.5) is 0 Å². The quantitative estimate of drug-likeness (QED) is 0.848. The molecule has 0 aliphatic carbocycles. The molecular weight excluding hydrogens is 302 g/mol. The summed E-state index contributed by atoms with van der Waals surface area (Å²) in [6.45, 7) is 0.141. The van der Waals surface area contributed by atoms with Crippen LogP contribution in [0.2, 0.25) is 5.28 Å². The van der Waals surface area contributed by atoms with E-state index in [2.05, 4.69) is 14.7 Å². The number of benzene rings is 1. The van der Waals surface area contributed by atoms with Crippen molar-refractivity contribution in [1.29, 1.82) is 0 Å². The first-order valence-corrected chi connectivity index (χ1v) is 7.47. The maximum atomic E-state index is 12.0. The smallest absolute Gasteiger partial charge is 0.243 e. The molecule has 0 fully saturated rings. The second-order valence-electron chi connectivity index (χ2n) is 3.86. The third-order valence-electron chi connectivity index (χ3n) is 2.51. The van der Waals surface area contributed by atoms with Crippen molar-refractivity contribution < 1.29 is 13.2 Å². The van der Waals surface area contributed by atoms with Crippen molar-refractivity contribution in [3.05, 3.63) is 47.5 Å². The van der Waals surface area contributed by atoms with E-state index in [1.165, 1.54) is 0 Å². The van der Waals surface area contributed by atoms with Crippen LogP contribution in [0, 0.1) is 0 Å². The number of ether oxygens (including phenoxy) is 1. The number of aromatic nitrogens is 2. The Bertz CT molecular complexity index is 689. The van der Waals surface area contributed by atoms with Crippen LogP contribution in [-0.4, -0.2) is 25.5 Å². The standard InChI is InChI=1S/C12H12ClN3O3S/c1-19-10-4-2-3-9(5-10)6-16-20(17,18)11-7-14-12(13)15-8-11/h2-5,7-8,16H,6H2,1H3. The van der Waals surface area contributed by atoms with Crippen molar-refractivity contribution in [1.82, 2.24) is 14.7 Å². The molecule has 8 heteroatoms. The lowest BCUT2D eigenvalue weighted by Gasteiger charge is -2.07. The van der Waals surface area contributed by atoms with Crippen molar-refractivity contribution in [2.45, 2.75) is 11.4 Å². The number of hydrogen-bond donors (Lipinski definition) is 1. The first-order valence-electron chi connectivity index (χ1n) is 5.61. The Kier molecular flexibility index (Phi) is 4.53. The lowest BCUT2D eigenvalue weighted by Crippen LogP contribution is -2.23. The summed E-state index contributed by atoms with van der Waals surface area (Å²) in [5.41, 5.74) is 0.780. The van der Waals surface area contributed by atoms with Gasteiger partial charge in [0.15, 0.2) is 0 Å². The van der Waals surface area contributed by atoms with Gasteiger partial charge >= 0.3 is 0 Å². The molecule has 1 aromatic heterocycles. The molecule has 0 radical (unpaired) electrons. The molecule has 0 saturated heterocycles. The average molecular weight is 314 g/mol. The van der Waals surface area contributed by atoms with Gasteiger partial charge in [0, 0.05) is 6.54 Å². The summed E-state index contributed by atoms with van der Waals surface area (Å²) in [7, 11) is -2.12. The molecule has 1 N–H and O–H groups in total. The highest BCUT2D eigenvalue weighted by molar-refractivity contribution is 7.89. The van der Waals surface area contributed by atoms with Crippen LogP contribution in [0.25, 0.3) is 0 Å². The number of hydrogen-bond acceptors (Lipinski definition) is 5. The number of halogens is 1. The Morgan fingerprint density at radius 3 is 2.65 bits per heavy atom. The zero-order valence-corrected chi connectivity index (χ0v) is 12.1. The van der Waals surface area contributed by atoms with Gasteiger partial charge in [-0.2, -0.15) is 0 Å². The fourth-order valence-electron chi connectivity index (χ4n) is 1.48. The molecule has 20 heavy (non-hydrogen) atoms. The minimum absolute atomic E-state index is 0.00301. The van der Waals surface area contributed by atoms with E-state index < -0.39 is 10.0 Å². The number of rotatable bonds is 5. The van der Waals surface area contributed by atoms with Crippen LogP contribution >= 0.6 is 11.6 Å². The number of methoxy groups -OCH3 is 1. The molecule has 0 spiro atoms. The molecule has 1 aromatic carbocycles. The van der Waals surface area contributed by atoms with E-state index >= 15 is 0 Å². The molecule has 0 atom stereocenters. The van der Waals surface area contributed by atoms with Crippen molar-refractivity contribution in [2.24, 2.45) is 0 Å². The molecule has 2 aromatic rings. The van der Waals surface area contributed by atoms with Gasteiger partial charge in [-0.05, 0) is 29.3 Å². The first kappa shape index (κ1) is 14.7. The molecule has 0 saturated carbocycles. The number of nitrogens with zero attached hydrogens (tertiary/aromatic N) is 2. The Labute approximate surface area is 121 Å². The first-order chi connectivity index (χ1) is 9.51. The van der Waals surface area contributed by atoms with Crippen LogP contribution in [0.5, 0.6) is 5.75 Å². The third-order valence-corrected chi connectivity index (χ3v) is 4.06. The minimum atomic E-state index is -3.67. The third kappa shape index (κ3) is 3.66. The van der Waals surface area contributed by atoms with E-state index in [-0.39, 0.29) is 16.7 Å². The molecular formula is C12H12ClN3O3S. The molecule has 0 unspecified atom stereocenters. The van der Waals surface area contributed by atoms with E-state index in [9.17, 15) is 8.42 Å². The van der Waals surface area contributed by atoms with E-state index in [4.69, 9.17) is 16.3 Å². The van der Waals surface area contributed by atoms with Crippen LogP contribution in [0.3, 0.4) is 0 Å². The molecule has 2 rings (SSSR count). The lowest BCUT2D eigenvalue weighted by molar-refractivity contribution is 0.414. The van der Waals surface area contributed by atoms with Gasteiger partial charge in [-0.1, -0.05) is 12.1 Å². The van der Waals surface area contributed by atoms with Crippen molar-refractivity contribution in [3.63, 3.8) is 0 Å². The molecule has 0 aliphatic rings. The predicted molar refractivity (Wildman–Crippen MR) is 74.1 cm³/mol. The van der Waals surface area contributed by atoms with Crippen LogP contribution in [0.15, 0.2) is 41.6 Å². The summed E-state index contributed by atoms with van der Waals surface area (Å²) >= 11 is 5.52. The van der Waals surface area contributed by atoms with E-state index in [1.807, 2.05) is 0 Å². The molecule has 0 aliphatic heterocycles. The Hall–Kier alpha value is -1.70. The van der Waals surface area contributed by atoms with Gasteiger partial charge in [0.25, 0.3) is 0 Å². The van der Waals surface area contributed by atoms with Gasteiger partial charge in [-0.3, -0.25) is 0 Å². The molecule has 1 heterocycles. The summed E-state index contributed by atoms with van der Waals surface area (Å²) in [5.74, 6) is 0.663. The van der Waals surface area contributed by atoms with Crippen molar-refractivity contribution >= 4 is 21.6 Å². The minimum Gasteiger partial charge on any atom is -0.497 e. The van der Waals surface area contributed by atoms with Crippen LogP contribution < -0.4 is 9.46 Å². The fourth-order valence-corrected chi connectivity index (χ4v) is 2.49. The number of nitrogens with one attached hydrogen (secondary N) is 1. The van der Waals surface area contributed by atoms with Gasteiger partial charge in [-0.15, -0.1) is 0 Å². The highest BCUT2D eigenvalue weighted by atomic mass is 35.5. The lowest BCUT2D eigenvalue weighted by atomic mass is 10.2. The van der Waals surface area contributed by atoms with E-state index in [0.29, 0.717) is 5.75 Å². The van der Waals surface area contributed by atoms with Gasteiger partial charge in [-0.25, -0.2) is 23.1 Å². The van der Waals surface area contributed by atoms with Crippen LogP contribution in [0.1, 0.15) is 5.56 Å². The summed E-state index contributed by atoms with van der Waals surface area (Å²) in [4.78, 5) is 7.25. The highest BCUT2D eigenvalue weighted by Gasteiger charge is 2.14. The SMILES string of the molecule is COc1cccc(CNS(=O)(=O)c2cnc(Cl)nc2)c1. The van der Waals surface area contributed by atoms with Crippen LogP contribution in [-0.2, 0) is 16.6 Å². The van der Waals surface area contributed by atoms with E-state index in [0.717, 1.165) is 18.0 Å². The van der Waals surface area contributed by atoms with Crippen molar-refractivity contribution in [3.8, 4) is 5.75 Å². The summed E-state index contributed by atoms with van der Waals surface area (Å²) in [6.07, 6.45) is 2.31. The van der Waals surface area contributed by atoms with Gasteiger partial charge < -0.3 is 4.74 Å². The summed E-state index contributed by atoms with van der Waals surface area (Å²) in [6, 6.07) is 7.11. The van der Waals surface area contributed by atoms with E-state index in [1.54, 1.807) is 31.4 Å². The maximum Gasteiger partial charge on any atom is 0.243 e. The summed E-state index contributed by atoms with van der Waals surface area (Å²) < 4.78 is 31.5. The zero-order valence-electron chi connectivity index (χ0n) is 10.6. The second-order valence-corrected chi connectivity index (χ2v) is 5.97. The fraction of sp³-hybridized carbons (Fsp3) is 0.167. The Balaban J connectivity index is 2.10. The Morgan fingerprint density at radius 2 is 2.00 bits per heavy atom. The van der Waals surface area contributed by atoms with Gasteiger partial charge in [0.1, 0.15) is 10.6 Å². The highest BCUT2D eigenvalue weighted by Crippen LogP contribution is 2.13. The van der Waals surface area contributed by atoms with Gasteiger partial charge in [0.2, 0.25) is 15.3 Å². The molecule has 0 amide bonds. The molecule has 106 valence electrons. The average Bonchev–Trinajstić information content (AvgIpc) is 2.46. The largest absolute Gasteiger partial charge is 0.497 e. The maximum absolute atomic E-state index is 12.0. The topological polar surface area (TPSA) is 81.2 Å². The summed E-state index contributed by atoms with van der Waals surface area (Å²) in [5, 5.41) is -0.00301. The predicted octanol–water partition coefficient (Wildman–Crippen LogP) is 1.62. The second kappa shape index (κ2) is 6.17. The Morgan fingerprint density at radius 1 is 1.30 bits per heavy atom. The van der Waals surface area contributed by atoms with Crippen molar-refractivity contribution in [2.75, 3.05) is 7.11 Å². The number of sulfonamides is 1.